The van der Waals surface area contributed by atoms with Crippen LogP contribution in [-0.4, -0.2) is 150 Å². The highest BCUT2D eigenvalue weighted by Gasteiger charge is 2.28. The minimum Gasteiger partial charge on any atom is -0.477 e. The number of nitrogens with zero attached hydrogens (tertiary/aromatic N) is 15. The zero-order valence-electron chi connectivity index (χ0n) is 53.7. The van der Waals surface area contributed by atoms with Gasteiger partial charge in [-0.1, -0.05) is 96.0 Å². The Labute approximate surface area is 537 Å². The zero-order valence-corrected chi connectivity index (χ0v) is 55.2. The van der Waals surface area contributed by atoms with Gasteiger partial charge in [0, 0.05) is 91.2 Å². The maximum absolute atomic E-state index is 7.30. The van der Waals surface area contributed by atoms with Crippen LogP contribution in [0.2, 0.25) is 10.0 Å². The number of nitrogens with one attached hydrogen (secondary N) is 3. The summed E-state index contributed by atoms with van der Waals surface area (Å²) in [7, 11) is 0. The number of aromatic nitrogens is 10. The molecule has 5 aliphatic rings. The minimum absolute atomic E-state index is 0.434. The van der Waals surface area contributed by atoms with E-state index in [4.69, 9.17) is 44.0 Å². The van der Waals surface area contributed by atoms with Gasteiger partial charge < -0.3 is 44.9 Å². The topological polar surface area (TPSA) is 202 Å². The standard InChI is InChI=1S/C24H35ClN6O.C23H33ClN6O.C19H26N6O/c1-3-30-10-12-31(13-11-30)16-20-8-9-22(26-14-20)28-24-27-15-21(25)23(29-24)32-17-19-6-4-18(2)5-7-19;1-3-29-10-12-30(13-11-29)19-8-9-21(25-14-19)27-23-26-15-20(24)22(28-23)31-16-18-6-4-17(2)5-7-18;1-13-6-7-15(10-13)12-26-17-8-9-21-18(23-17)22-16-11-25(24-14(16)2)19(3,4)20-5/h8-9,14-15,18-19H,3-7,10-13,16-17H2,1-2H3,(H,26,27,28,29);8-9,14-15,17-18H,3-7,10-13,16H2,1-2H3,(H,25,26,27,28);8-9,11,13,15H,6-7,10,12H2,1-4H3,(H,21,22,23). The molecule has 2 unspecified atom stereocenters. The second-order valence-corrected chi connectivity index (χ2v) is 26.3. The molecular formula is C66H94Cl2N18O3. The Hall–Kier alpha value is -6.70. The van der Waals surface area contributed by atoms with Gasteiger partial charge in [-0.2, -0.15) is 24.7 Å². The van der Waals surface area contributed by atoms with Gasteiger partial charge in [0.15, 0.2) is 0 Å². The SMILES string of the molecule is CCN1CCN(Cc2ccc(Nc3ncc(Cl)c(OCC4CCC(C)CC4)n3)nc2)CC1.CCN1CCN(c2ccc(Nc3ncc(Cl)c(OCC4CCC(C)CC4)n3)nc2)CC1.[C-]#[N+]C(C)(C)n1cc(Nc2nccc(OCC3CCC(C)C3)n2)c(C)n1. The van der Waals surface area contributed by atoms with Gasteiger partial charge in [0.05, 0.1) is 61.7 Å². The van der Waals surface area contributed by atoms with Crippen molar-refractivity contribution in [2.45, 2.75) is 138 Å². The molecular weight excluding hydrogens is 1160 g/mol. The summed E-state index contributed by atoms with van der Waals surface area (Å²) in [5.41, 5.74) is 3.20. The number of halogens is 2. The number of hydrogen-bond acceptors (Lipinski definition) is 19. The van der Waals surface area contributed by atoms with Crippen molar-refractivity contribution in [3.63, 3.8) is 0 Å². The van der Waals surface area contributed by atoms with Crippen LogP contribution in [0.4, 0.5) is 40.9 Å². The Morgan fingerprint density at radius 2 is 1.09 bits per heavy atom. The summed E-state index contributed by atoms with van der Waals surface area (Å²) in [6.07, 6.45) is 24.1. The molecule has 23 heteroatoms. The van der Waals surface area contributed by atoms with E-state index >= 15 is 0 Å². The molecule has 2 atom stereocenters. The van der Waals surface area contributed by atoms with Crippen molar-refractivity contribution in [1.82, 2.24) is 64.4 Å². The number of anilines is 7. The third-order valence-electron chi connectivity index (χ3n) is 18.0. The zero-order chi connectivity index (χ0) is 62.7. The predicted octanol–water partition coefficient (Wildman–Crippen LogP) is 13.4. The minimum atomic E-state index is -0.727. The molecule has 5 fully saturated rings. The van der Waals surface area contributed by atoms with E-state index in [0.717, 1.165) is 107 Å². The van der Waals surface area contributed by atoms with Gasteiger partial charge in [-0.25, -0.2) is 31.5 Å². The van der Waals surface area contributed by atoms with Gasteiger partial charge in [-0.3, -0.25) is 9.74 Å². The highest BCUT2D eigenvalue weighted by Crippen LogP contribution is 2.34. The fourth-order valence-corrected chi connectivity index (χ4v) is 12.2. The highest BCUT2D eigenvalue weighted by molar-refractivity contribution is 6.32. The van der Waals surface area contributed by atoms with Gasteiger partial charge in [-0.15, -0.1) is 0 Å². The van der Waals surface area contributed by atoms with E-state index in [9.17, 15) is 0 Å². The monoisotopic (exact) mass is 1260 g/mol. The lowest BCUT2D eigenvalue weighted by Crippen LogP contribution is -2.46. The van der Waals surface area contributed by atoms with Crippen LogP contribution in [0.1, 0.15) is 130 Å². The fourth-order valence-electron chi connectivity index (χ4n) is 11.9. The summed E-state index contributed by atoms with van der Waals surface area (Å²) < 4.78 is 19.4. The van der Waals surface area contributed by atoms with Crippen LogP contribution in [0.5, 0.6) is 17.6 Å². The molecule has 89 heavy (non-hydrogen) atoms. The first-order chi connectivity index (χ1) is 43.1. The maximum Gasteiger partial charge on any atom is 0.319 e. The summed E-state index contributed by atoms with van der Waals surface area (Å²) in [5.74, 6) is 8.42. The molecule has 0 radical (unpaired) electrons. The van der Waals surface area contributed by atoms with Crippen LogP contribution in [0.3, 0.4) is 0 Å². The smallest absolute Gasteiger partial charge is 0.319 e. The summed E-state index contributed by atoms with van der Waals surface area (Å²) in [6.45, 7) is 38.2. The molecule has 6 aromatic rings. The molecule has 3 N–H and O–H groups in total. The van der Waals surface area contributed by atoms with E-state index in [1.807, 2.05) is 51.5 Å². The first kappa shape index (κ1) is 66.7. The van der Waals surface area contributed by atoms with E-state index < -0.39 is 5.66 Å². The number of rotatable bonds is 21. The third kappa shape index (κ3) is 20.4. The van der Waals surface area contributed by atoms with E-state index in [1.54, 1.807) is 29.3 Å². The molecule has 3 aliphatic carbocycles. The number of likely N-dealkylation sites (N-methyl/N-ethyl adjacent to an activating group) is 2. The normalized spacial score (nSPS) is 21.7. The first-order valence-electron chi connectivity index (χ1n) is 32.4. The molecule has 0 spiro atoms. The first-order valence-corrected chi connectivity index (χ1v) is 33.2. The second-order valence-electron chi connectivity index (χ2n) is 25.5. The Bertz CT molecular complexity index is 3150. The van der Waals surface area contributed by atoms with Gasteiger partial charge >= 0.3 is 5.66 Å². The largest absolute Gasteiger partial charge is 0.477 e. The van der Waals surface area contributed by atoms with Crippen molar-refractivity contribution in [2.75, 3.05) is 106 Å². The molecule has 8 heterocycles. The van der Waals surface area contributed by atoms with E-state index in [2.05, 4.69) is 132 Å². The quantitative estimate of drug-likeness (QED) is 0.0574. The van der Waals surface area contributed by atoms with Crippen molar-refractivity contribution < 1.29 is 14.2 Å². The lowest BCUT2D eigenvalue weighted by molar-refractivity contribution is 0.132. The average Bonchev–Trinajstić information content (AvgIpc) is 4.03. The molecule has 0 aromatic carbocycles. The van der Waals surface area contributed by atoms with E-state index in [1.165, 1.54) is 76.2 Å². The van der Waals surface area contributed by atoms with Crippen molar-refractivity contribution >= 4 is 64.1 Å². The molecule has 2 saturated heterocycles. The lowest BCUT2D eigenvalue weighted by atomic mass is 9.83. The number of aryl methyl sites for hydroxylation is 1. The fraction of sp³-hybridized carbons (Fsp3) is 0.606. The van der Waals surface area contributed by atoms with Gasteiger partial charge in [-0.05, 0) is 118 Å². The summed E-state index contributed by atoms with van der Waals surface area (Å²) in [6, 6.07) is 9.91. The number of pyridine rings is 2. The molecule has 480 valence electrons. The second kappa shape index (κ2) is 32.9. The van der Waals surface area contributed by atoms with Crippen LogP contribution in [0.15, 0.2) is 67.5 Å². The molecule has 0 bridgehead atoms. The summed E-state index contributed by atoms with van der Waals surface area (Å²) in [4.78, 5) is 48.7. The van der Waals surface area contributed by atoms with Gasteiger partial charge in [0.1, 0.15) is 21.7 Å². The molecule has 21 nitrogen and oxygen atoms in total. The Kier molecular flexibility index (Phi) is 24.6. The average molecular weight is 1260 g/mol. The summed E-state index contributed by atoms with van der Waals surface area (Å²) >= 11 is 12.5. The predicted molar refractivity (Wildman–Crippen MR) is 354 cm³/mol. The molecule has 2 aliphatic heterocycles. The van der Waals surface area contributed by atoms with Crippen LogP contribution in [0, 0.1) is 49.0 Å². The Morgan fingerprint density at radius 3 is 1.61 bits per heavy atom. The van der Waals surface area contributed by atoms with Crippen molar-refractivity contribution in [1.29, 1.82) is 0 Å². The maximum atomic E-state index is 7.30. The number of hydrogen-bond donors (Lipinski definition) is 3. The lowest BCUT2D eigenvalue weighted by Gasteiger charge is -2.35. The Morgan fingerprint density at radius 1 is 0.573 bits per heavy atom. The van der Waals surface area contributed by atoms with Crippen molar-refractivity contribution in [2.24, 2.45) is 35.5 Å². The van der Waals surface area contributed by atoms with Crippen LogP contribution in [0.25, 0.3) is 4.85 Å². The Balaban J connectivity index is 0.000000160. The molecule has 11 rings (SSSR count). The summed E-state index contributed by atoms with van der Waals surface area (Å²) in [5, 5.41) is 14.8. The van der Waals surface area contributed by atoms with Gasteiger partial charge in [0.25, 0.3) is 0 Å². The van der Waals surface area contributed by atoms with Crippen molar-refractivity contribution in [3.05, 3.63) is 100 Å². The molecule has 6 aromatic heterocycles. The third-order valence-corrected chi connectivity index (χ3v) is 18.6. The van der Waals surface area contributed by atoms with Gasteiger partial charge in [0.2, 0.25) is 35.5 Å². The van der Waals surface area contributed by atoms with Crippen molar-refractivity contribution in [3.8, 4) is 17.6 Å². The van der Waals surface area contributed by atoms with Crippen LogP contribution in [-0.2, 0) is 12.2 Å². The molecule has 3 saturated carbocycles. The van der Waals surface area contributed by atoms with E-state index in [-0.39, 0.29) is 0 Å². The highest BCUT2D eigenvalue weighted by atomic mass is 35.5. The van der Waals surface area contributed by atoms with E-state index in [0.29, 0.717) is 94.7 Å². The number of ether oxygens (including phenoxy) is 3. The molecule has 0 amide bonds. The van der Waals surface area contributed by atoms with Crippen LogP contribution < -0.4 is 35.1 Å². The number of piperazine rings is 2. The van der Waals surface area contributed by atoms with Crippen LogP contribution >= 0.6 is 23.2 Å².